The molecule has 0 fully saturated rings. The number of rotatable bonds is 9. The van der Waals surface area contributed by atoms with Gasteiger partial charge in [-0.25, -0.2) is 0 Å². The molecule has 0 N–H and O–H groups in total. The van der Waals surface area contributed by atoms with Crippen molar-refractivity contribution in [3.8, 4) is 0 Å². The summed E-state index contributed by atoms with van der Waals surface area (Å²) in [6.45, 7) is 24.7. The van der Waals surface area contributed by atoms with Crippen LogP contribution in [0.15, 0.2) is 78.9 Å². The molecule has 0 aliphatic heterocycles. The van der Waals surface area contributed by atoms with E-state index >= 15 is 0 Å². The zero-order chi connectivity index (χ0) is 26.0. The maximum atomic E-state index is 2.61. The summed E-state index contributed by atoms with van der Waals surface area (Å²) in [6, 6.07) is 30.5. The number of hydrogen-bond donors (Lipinski definition) is 0. The fourth-order valence-electron chi connectivity index (χ4n) is 5.75. The minimum Gasteiger partial charge on any atom is -0.0657 e. The van der Waals surface area contributed by atoms with Gasteiger partial charge in [0.2, 0.25) is 0 Å². The van der Waals surface area contributed by atoms with E-state index in [1.54, 1.807) is 21.2 Å². The van der Waals surface area contributed by atoms with Gasteiger partial charge in [-0.1, -0.05) is 84.1 Å². The van der Waals surface area contributed by atoms with Gasteiger partial charge in [-0.2, -0.15) is 0 Å². The Balaban J connectivity index is 2.46. The van der Waals surface area contributed by atoms with Crippen molar-refractivity contribution in [2.24, 2.45) is 0 Å². The Morgan fingerprint density at radius 3 is 1.43 bits per heavy atom. The molecule has 0 saturated heterocycles. The lowest BCUT2D eigenvalue weighted by Crippen LogP contribution is -2.45. The lowest BCUT2D eigenvalue weighted by molar-refractivity contribution is 0.999. The molecule has 35 heavy (non-hydrogen) atoms. The third-order valence-electron chi connectivity index (χ3n) is 8.06. The highest BCUT2D eigenvalue weighted by Crippen LogP contribution is 2.64. The maximum Gasteiger partial charge on any atom is 0.146 e. The van der Waals surface area contributed by atoms with E-state index in [2.05, 4.69) is 148 Å². The highest BCUT2D eigenvalue weighted by Gasteiger charge is 2.52. The van der Waals surface area contributed by atoms with Gasteiger partial charge < -0.3 is 0 Å². The normalized spacial score (nSPS) is 14.4. The highest BCUT2D eigenvalue weighted by molar-refractivity contribution is 7.98. The monoisotopic (exact) mass is 524 g/mol. The molecule has 0 nitrogen and oxygen atoms in total. The number of hydrogen-bond acceptors (Lipinski definition) is 0. The molecule has 0 heterocycles. The Labute approximate surface area is 218 Å². The number of benzene rings is 3. The topological polar surface area (TPSA) is 0 Å². The van der Waals surface area contributed by atoms with Gasteiger partial charge >= 0.3 is 0 Å². The highest BCUT2D eigenvalue weighted by atomic mass is 31.2. The summed E-state index contributed by atoms with van der Waals surface area (Å²) in [7, 11) is -3.52. The van der Waals surface area contributed by atoms with Crippen LogP contribution in [0.5, 0.6) is 0 Å². The minimum absolute atomic E-state index is 0.265. The van der Waals surface area contributed by atoms with Crippen LogP contribution in [-0.4, -0.2) is 36.0 Å². The van der Waals surface area contributed by atoms with Gasteiger partial charge in [-0.05, 0) is 69.3 Å². The summed E-state index contributed by atoms with van der Waals surface area (Å²) in [5, 5.41) is 7.99. The van der Waals surface area contributed by atoms with Crippen molar-refractivity contribution < 1.29 is 0 Å². The second kappa shape index (κ2) is 11.6. The van der Waals surface area contributed by atoms with E-state index in [9.17, 15) is 0 Å². The first kappa shape index (κ1) is 28.5. The van der Waals surface area contributed by atoms with Gasteiger partial charge in [0.1, 0.15) is 28.5 Å². The zero-order valence-electron chi connectivity index (χ0n) is 23.7. The van der Waals surface area contributed by atoms with Crippen LogP contribution in [0.2, 0.25) is 0 Å². The zero-order valence-corrected chi connectivity index (χ0v) is 26.3. The molecule has 0 radical (unpaired) electrons. The molecule has 1 unspecified atom stereocenters. The van der Waals surface area contributed by atoms with Crippen molar-refractivity contribution in [1.82, 2.24) is 0 Å². The van der Waals surface area contributed by atoms with Gasteiger partial charge in [0, 0.05) is 5.30 Å². The molecule has 0 spiro atoms. The Kier molecular flexibility index (Phi) is 9.42. The Morgan fingerprint density at radius 2 is 0.943 bits per heavy atom. The first-order valence-corrected chi connectivity index (χ1v) is 19.3. The molecular weight excluding hydrogens is 477 g/mol. The van der Waals surface area contributed by atoms with Crippen LogP contribution >= 0.6 is 22.4 Å². The lowest BCUT2D eigenvalue weighted by Gasteiger charge is -2.36. The van der Waals surface area contributed by atoms with Crippen LogP contribution in [0.1, 0.15) is 55.4 Å². The van der Waals surface area contributed by atoms with Gasteiger partial charge in [0.25, 0.3) is 0 Å². The van der Waals surface area contributed by atoms with Crippen molar-refractivity contribution >= 4 is 49.0 Å². The first-order valence-electron chi connectivity index (χ1n) is 13.2. The fourth-order valence-corrected chi connectivity index (χ4v) is 17.5. The van der Waals surface area contributed by atoms with Crippen LogP contribution in [0.3, 0.4) is 0 Å². The molecule has 1 atom stereocenters. The van der Waals surface area contributed by atoms with E-state index in [1.165, 1.54) is 5.30 Å². The summed E-state index contributed by atoms with van der Waals surface area (Å²) < 4.78 is 0. The van der Waals surface area contributed by atoms with E-state index in [0.717, 1.165) is 0 Å². The van der Waals surface area contributed by atoms with Gasteiger partial charge in [0.05, 0.1) is 31.9 Å². The molecule has 188 valence electrons. The lowest BCUT2D eigenvalue weighted by atomic mass is 10.3. The van der Waals surface area contributed by atoms with Gasteiger partial charge in [-0.15, -0.1) is 0 Å². The Bertz CT molecular complexity index is 1080. The third kappa shape index (κ3) is 5.33. The first-order chi connectivity index (χ1) is 16.5. The van der Waals surface area contributed by atoms with Crippen LogP contribution in [0, 0.1) is 0 Å². The largest absolute Gasteiger partial charge is 0.146 e. The third-order valence-corrected chi connectivity index (χ3v) is 21.3. The summed E-state index contributed by atoms with van der Waals surface area (Å²) in [6.07, 6.45) is 0. The summed E-state index contributed by atoms with van der Waals surface area (Å²) in [5.74, 6) is 0. The molecule has 0 saturated carbocycles. The molecule has 0 aliphatic carbocycles. The predicted octanol–water partition coefficient (Wildman–Crippen LogP) is 7.62. The summed E-state index contributed by atoms with van der Waals surface area (Å²) >= 11 is 0. The van der Waals surface area contributed by atoms with Crippen LogP contribution in [0.4, 0.5) is 0 Å². The molecule has 3 aromatic carbocycles. The van der Waals surface area contributed by atoms with Crippen molar-refractivity contribution in [2.45, 2.75) is 78.0 Å². The maximum absolute atomic E-state index is 2.61. The second-order valence-corrected chi connectivity index (χ2v) is 22.9. The van der Waals surface area contributed by atoms with E-state index in [0.29, 0.717) is 22.6 Å². The van der Waals surface area contributed by atoms with Crippen LogP contribution in [0.25, 0.3) is 0 Å². The van der Waals surface area contributed by atoms with Gasteiger partial charge in [0.15, 0.2) is 0 Å². The molecule has 3 heteroatoms. The molecule has 0 aliphatic rings. The molecular formula is C32H47P3+2. The van der Waals surface area contributed by atoms with Gasteiger partial charge in [-0.3, -0.25) is 0 Å². The van der Waals surface area contributed by atoms with Crippen LogP contribution < -0.4 is 26.5 Å². The standard InChI is InChI=1S/C32H47P3/c1-24(2)33(25(3)4)29-20-14-15-21-30(29)35(10,28-18-12-11-13-19-28)32-23-17-16-22-31(32)34(9,26(5)6)27(7)8/h11-27H,1-10H3/q+2. The van der Waals surface area contributed by atoms with Crippen LogP contribution in [-0.2, 0) is 0 Å². The quantitative estimate of drug-likeness (QED) is 0.253. The van der Waals surface area contributed by atoms with Crippen molar-refractivity contribution in [1.29, 1.82) is 0 Å². The Morgan fingerprint density at radius 1 is 0.514 bits per heavy atom. The smallest absolute Gasteiger partial charge is 0.0657 e. The molecule has 3 aromatic rings. The van der Waals surface area contributed by atoms with Crippen molar-refractivity contribution in [3.63, 3.8) is 0 Å². The summed E-state index contributed by atoms with van der Waals surface area (Å²) in [4.78, 5) is 0. The second-order valence-electron chi connectivity index (χ2n) is 11.2. The minimum atomic E-state index is -1.87. The van der Waals surface area contributed by atoms with E-state index < -0.39 is 14.5 Å². The van der Waals surface area contributed by atoms with E-state index in [4.69, 9.17) is 0 Å². The average Bonchev–Trinajstić information content (AvgIpc) is 2.83. The molecule has 0 bridgehead atoms. The molecule has 3 rings (SSSR count). The van der Waals surface area contributed by atoms with E-state index in [1.807, 2.05) is 0 Å². The fraction of sp³-hybridized carbons (Fsp3) is 0.438. The van der Waals surface area contributed by atoms with Crippen molar-refractivity contribution in [3.05, 3.63) is 78.9 Å². The molecule has 0 amide bonds. The van der Waals surface area contributed by atoms with E-state index in [-0.39, 0.29) is 7.92 Å². The molecule has 0 aromatic heterocycles. The Hall–Kier alpha value is -1.05. The average molecular weight is 525 g/mol. The predicted molar refractivity (Wildman–Crippen MR) is 171 cm³/mol. The van der Waals surface area contributed by atoms with Crippen molar-refractivity contribution in [2.75, 3.05) is 13.3 Å². The summed E-state index contributed by atoms with van der Waals surface area (Å²) in [5.41, 5.74) is 2.64. The SMILES string of the molecule is CC(C)P(c1ccccc1[P+](C)(c1ccccc1)c1ccccc1[P+](C)(C(C)C)C(C)C)C(C)C.